The summed E-state index contributed by atoms with van der Waals surface area (Å²) in [6.07, 6.45) is 8.19. The zero-order valence-electron chi connectivity index (χ0n) is 20.3. The molecule has 0 unspecified atom stereocenters. The molecule has 5 heteroatoms. The molecule has 1 aromatic heterocycles. The number of aromatic nitrogens is 1. The van der Waals surface area contributed by atoms with Gasteiger partial charge in [-0.25, -0.2) is 0 Å². The molecule has 4 rings (SSSR count). The summed E-state index contributed by atoms with van der Waals surface area (Å²) in [4.78, 5) is 2.43. The molecule has 1 atom stereocenters. The third-order valence-electron chi connectivity index (χ3n) is 6.72. The lowest BCUT2D eigenvalue weighted by Crippen LogP contribution is -2.39. The molecule has 0 saturated heterocycles. The van der Waals surface area contributed by atoms with Crippen molar-refractivity contribution in [3.63, 3.8) is 0 Å². The Morgan fingerprint density at radius 1 is 0.941 bits per heavy atom. The van der Waals surface area contributed by atoms with Crippen molar-refractivity contribution in [1.29, 1.82) is 0 Å². The van der Waals surface area contributed by atoms with E-state index in [-0.39, 0.29) is 6.61 Å². The molecule has 0 bridgehead atoms. The van der Waals surface area contributed by atoms with E-state index in [0.717, 1.165) is 31.1 Å². The molecule has 1 aliphatic rings. The van der Waals surface area contributed by atoms with Gasteiger partial charge < -0.3 is 19.1 Å². The molecule has 0 aliphatic heterocycles. The van der Waals surface area contributed by atoms with Crippen LogP contribution in [0.4, 0.5) is 0 Å². The zero-order chi connectivity index (χ0) is 23.6. The van der Waals surface area contributed by atoms with E-state index in [1.54, 1.807) is 7.11 Å². The fourth-order valence-electron chi connectivity index (χ4n) is 4.91. The molecule has 0 amide bonds. The first-order valence-corrected chi connectivity index (χ1v) is 12.5. The number of aliphatic hydroxyl groups is 1. The Hall–Kier alpha value is -2.76. The molecule has 1 heterocycles. The number of rotatable bonds is 12. The quantitative estimate of drug-likeness (QED) is 0.393. The Morgan fingerprint density at radius 2 is 1.68 bits per heavy atom. The van der Waals surface area contributed by atoms with Crippen LogP contribution in [-0.4, -0.2) is 47.5 Å². The Labute approximate surface area is 203 Å². The topological polar surface area (TPSA) is 46.9 Å². The van der Waals surface area contributed by atoms with Crippen LogP contribution in [0.3, 0.4) is 0 Å². The van der Waals surface area contributed by atoms with Gasteiger partial charge in [0.2, 0.25) is 0 Å². The smallest absolute Gasteiger partial charge is 0.119 e. The highest BCUT2D eigenvalue weighted by atomic mass is 16.5. The maximum Gasteiger partial charge on any atom is 0.119 e. The van der Waals surface area contributed by atoms with Gasteiger partial charge in [-0.1, -0.05) is 49.6 Å². The van der Waals surface area contributed by atoms with Crippen LogP contribution in [0.1, 0.15) is 43.4 Å². The fraction of sp³-hybridized carbons (Fsp3) is 0.448. The van der Waals surface area contributed by atoms with E-state index >= 15 is 0 Å². The molecule has 5 nitrogen and oxygen atoms in total. The van der Waals surface area contributed by atoms with Gasteiger partial charge in [0.1, 0.15) is 24.2 Å². The number of hydrogen-bond donors (Lipinski definition) is 1. The summed E-state index contributed by atoms with van der Waals surface area (Å²) in [5.41, 5.74) is 2.58. The van der Waals surface area contributed by atoms with Crippen LogP contribution in [0.25, 0.3) is 0 Å². The van der Waals surface area contributed by atoms with Crippen molar-refractivity contribution >= 4 is 0 Å². The third kappa shape index (κ3) is 7.37. The second-order valence-electron chi connectivity index (χ2n) is 9.45. The summed E-state index contributed by atoms with van der Waals surface area (Å²) < 4.78 is 13.4. The van der Waals surface area contributed by atoms with Crippen LogP contribution in [0.5, 0.6) is 11.5 Å². The molecule has 1 aliphatic carbocycles. The summed E-state index contributed by atoms with van der Waals surface area (Å²) in [5, 5.41) is 10.8. The lowest BCUT2D eigenvalue weighted by molar-refractivity contribution is 0.0560. The minimum Gasteiger partial charge on any atom is -0.497 e. The van der Waals surface area contributed by atoms with Gasteiger partial charge in [-0.15, -0.1) is 0 Å². The molecule has 34 heavy (non-hydrogen) atoms. The molecule has 0 radical (unpaired) electrons. The molecule has 1 N–H and O–H groups in total. The third-order valence-corrected chi connectivity index (χ3v) is 6.72. The average Bonchev–Trinajstić information content (AvgIpc) is 3.30. The first kappa shape index (κ1) is 24.4. The highest BCUT2D eigenvalue weighted by Crippen LogP contribution is 2.25. The number of hydrogen-bond acceptors (Lipinski definition) is 4. The van der Waals surface area contributed by atoms with Crippen molar-refractivity contribution in [3.05, 3.63) is 84.2 Å². The second kappa shape index (κ2) is 12.6. The van der Waals surface area contributed by atoms with Gasteiger partial charge >= 0.3 is 0 Å². The van der Waals surface area contributed by atoms with Gasteiger partial charge in [0.05, 0.1) is 7.11 Å². The predicted molar refractivity (Wildman–Crippen MR) is 136 cm³/mol. The van der Waals surface area contributed by atoms with Crippen LogP contribution in [0.2, 0.25) is 0 Å². The first-order valence-electron chi connectivity index (χ1n) is 12.5. The molecule has 182 valence electrons. The first-order chi connectivity index (χ1) is 16.7. The SMILES string of the molecule is COc1ccc(OC[C@@H](O)CN(Cc2cccn2Cc2ccccc2)CC2CCCCC2)cc1. The number of benzene rings is 2. The van der Waals surface area contributed by atoms with Crippen molar-refractivity contribution in [2.45, 2.75) is 51.3 Å². The molecule has 1 saturated carbocycles. The highest BCUT2D eigenvalue weighted by Gasteiger charge is 2.21. The second-order valence-corrected chi connectivity index (χ2v) is 9.45. The van der Waals surface area contributed by atoms with Crippen molar-refractivity contribution in [2.75, 3.05) is 26.8 Å². The van der Waals surface area contributed by atoms with Crippen LogP contribution < -0.4 is 9.47 Å². The van der Waals surface area contributed by atoms with Crippen LogP contribution >= 0.6 is 0 Å². The summed E-state index contributed by atoms with van der Waals surface area (Å²) in [7, 11) is 1.65. The number of nitrogens with zero attached hydrogens (tertiary/aromatic N) is 2. The van der Waals surface area contributed by atoms with E-state index in [2.05, 4.69) is 58.1 Å². The molecule has 1 fully saturated rings. The van der Waals surface area contributed by atoms with Gasteiger partial charge in [0, 0.05) is 38.1 Å². The molecular weight excluding hydrogens is 424 g/mol. The number of aliphatic hydroxyl groups excluding tert-OH is 1. The van der Waals surface area contributed by atoms with Crippen molar-refractivity contribution < 1.29 is 14.6 Å². The monoisotopic (exact) mass is 462 g/mol. The van der Waals surface area contributed by atoms with E-state index in [1.165, 1.54) is 43.4 Å². The summed E-state index contributed by atoms with van der Waals surface area (Å²) in [6, 6.07) is 22.4. The van der Waals surface area contributed by atoms with Gasteiger partial charge in [-0.2, -0.15) is 0 Å². The van der Waals surface area contributed by atoms with Crippen LogP contribution in [-0.2, 0) is 13.1 Å². The van der Waals surface area contributed by atoms with E-state index in [0.29, 0.717) is 12.5 Å². The highest BCUT2D eigenvalue weighted by molar-refractivity contribution is 5.31. The molecule has 3 aromatic rings. The Bertz CT molecular complexity index is 965. The minimum atomic E-state index is -0.553. The van der Waals surface area contributed by atoms with E-state index in [1.807, 2.05) is 24.3 Å². The van der Waals surface area contributed by atoms with Gasteiger partial charge in [0.25, 0.3) is 0 Å². The van der Waals surface area contributed by atoms with Crippen LogP contribution in [0.15, 0.2) is 72.9 Å². The van der Waals surface area contributed by atoms with E-state index < -0.39 is 6.10 Å². The lowest BCUT2D eigenvalue weighted by atomic mass is 9.89. The summed E-state index contributed by atoms with van der Waals surface area (Å²) >= 11 is 0. The van der Waals surface area contributed by atoms with Crippen molar-refractivity contribution in [2.24, 2.45) is 5.92 Å². The van der Waals surface area contributed by atoms with Crippen LogP contribution in [0, 0.1) is 5.92 Å². The average molecular weight is 463 g/mol. The van der Waals surface area contributed by atoms with Crippen molar-refractivity contribution in [1.82, 2.24) is 9.47 Å². The molecule has 0 spiro atoms. The van der Waals surface area contributed by atoms with E-state index in [4.69, 9.17) is 9.47 Å². The minimum absolute atomic E-state index is 0.276. The standard InChI is InChI=1S/C29H38N2O3/c1-33-28-14-16-29(17-15-28)34-23-27(32)22-30(19-24-9-4-2-5-10-24)21-26-13-8-18-31(26)20-25-11-6-3-7-12-25/h3,6-8,11-18,24,27,32H,2,4-5,9-10,19-23H2,1H3/t27-/m0/s1. The summed E-state index contributed by atoms with van der Waals surface area (Å²) in [5.74, 6) is 2.25. The van der Waals surface area contributed by atoms with Crippen molar-refractivity contribution in [3.8, 4) is 11.5 Å². The van der Waals surface area contributed by atoms with Gasteiger partial charge in [0.15, 0.2) is 0 Å². The Kier molecular flexibility index (Phi) is 9.05. The van der Waals surface area contributed by atoms with Gasteiger partial charge in [-0.05, 0) is 60.7 Å². The number of methoxy groups -OCH3 is 1. The zero-order valence-corrected chi connectivity index (χ0v) is 20.3. The molecule has 2 aromatic carbocycles. The predicted octanol–water partition coefficient (Wildman–Crippen LogP) is 5.37. The van der Waals surface area contributed by atoms with E-state index in [9.17, 15) is 5.11 Å². The normalized spacial score (nSPS) is 15.4. The maximum atomic E-state index is 10.8. The summed E-state index contributed by atoms with van der Waals surface area (Å²) in [6.45, 7) is 3.59. The Balaban J connectivity index is 1.38. The maximum absolute atomic E-state index is 10.8. The Morgan fingerprint density at radius 3 is 2.41 bits per heavy atom. The fourth-order valence-corrected chi connectivity index (χ4v) is 4.91. The molecular formula is C29H38N2O3. The number of ether oxygens (including phenoxy) is 2. The lowest BCUT2D eigenvalue weighted by Gasteiger charge is -2.31. The largest absolute Gasteiger partial charge is 0.497 e. The van der Waals surface area contributed by atoms with Gasteiger partial charge in [-0.3, -0.25) is 4.90 Å².